The molecule has 4 heteroatoms. The van der Waals surface area contributed by atoms with Crippen molar-refractivity contribution in [2.75, 3.05) is 26.2 Å². The van der Waals surface area contributed by atoms with E-state index in [0.717, 1.165) is 39.0 Å². The third-order valence-electron chi connectivity index (χ3n) is 4.70. The molecule has 3 N–H and O–H groups in total. The van der Waals surface area contributed by atoms with E-state index in [1.165, 1.54) is 6.42 Å². The summed E-state index contributed by atoms with van der Waals surface area (Å²) in [7, 11) is 0. The smallest absolute Gasteiger partial charge is 0.235 e. The highest BCUT2D eigenvalue weighted by Crippen LogP contribution is 2.43. The number of amides is 1. The average molecular weight is 267 g/mol. The summed E-state index contributed by atoms with van der Waals surface area (Å²) in [6.07, 6.45) is 3.52. The van der Waals surface area contributed by atoms with Crippen LogP contribution in [0.1, 0.15) is 40.0 Å². The van der Waals surface area contributed by atoms with E-state index < -0.39 is 0 Å². The zero-order chi connectivity index (χ0) is 14.0. The zero-order valence-corrected chi connectivity index (χ0v) is 12.6. The van der Waals surface area contributed by atoms with Crippen LogP contribution in [0.3, 0.4) is 0 Å². The maximum absolute atomic E-state index is 12.0. The SMILES string of the molecule is CC1CC(C(C(N)=O)N2CCNCC2)CC(C)(C)C1. The van der Waals surface area contributed by atoms with Gasteiger partial charge >= 0.3 is 0 Å². The Hall–Kier alpha value is -0.610. The van der Waals surface area contributed by atoms with Gasteiger partial charge in [-0.1, -0.05) is 20.8 Å². The van der Waals surface area contributed by atoms with Crippen molar-refractivity contribution in [3.05, 3.63) is 0 Å². The van der Waals surface area contributed by atoms with E-state index >= 15 is 0 Å². The molecule has 0 aromatic heterocycles. The molecule has 2 fully saturated rings. The summed E-state index contributed by atoms with van der Waals surface area (Å²) in [5, 5.41) is 3.34. The molecular weight excluding hydrogens is 238 g/mol. The van der Waals surface area contributed by atoms with E-state index in [2.05, 4.69) is 31.0 Å². The van der Waals surface area contributed by atoms with E-state index in [0.29, 0.717) is 17.3 Å². The van der Waals surface area contributed by atoms with Crippen molar-refractivity contribution in [1.29, 1.82) is 0 Å². The van der Waals surface area contributed by atoms with Gasteiger partial charge in [0.2, 0.25) is 5.91 Å². The van der Waals surface area contributed by atoms with Crippen LogP contribution >= 0.6 is 0 Å². The standard InChI is InChI=1S/C15H29N3O/c1-11-8-12(10-15(2,3)9-11)13(14(16)19)18-6-4-17-5-7-18/h11-13,17H,4-10H2,1-3H3,(H2,16,19). The molecule has 3 unspecified atom stereocenters. The Bertz CT molecular complexity index is 323. The van der Waals surface area contributed by atoms with Gasteiger partial charge in [0.05, 0.1) is 6.04 Å². The first-order chi connectivity index (χ1) is 8.89. The molecule has 1 saturated carbocycles. The quantitative estimate of drug-likeness (QED) is 0.808. The number of primary amides is 1. The monoisotopic (exact) mass is 267 g/mol. The molecule has 1 aliphatic heterocycles. The topological polar surface area (TPSA) is 58.4 Å². The Balaban J connectivity index is 2.11. The summed E-state index contributed by atoms with van der Waals surface area (Å²) in [4.78, 5) is 14.3. The summed E-state index contributed by atoms with van der Waals surface area (Å²) in [5.41, 5.74) is 6.07. The van der Waals surface area contributed by atoms with Crippen molar-refractivity contribution >= 4 is 5.91 Å². The Morgan fingerprint density at radius 2 is 1.95 bits per heavy atom. The molecule has 110 valence electrons. The maximum Gasteiger partial charge on any atom is 0.235 e. The van der Waals surface area contributed by atoms with Crippen LogP contribution in [0.2, 0.25) is 0 Å². The van der Waals surface area contributed by atoms with E-state index in [1.807, 2.05) is 0 Å². The Kier molecular flexibility index (Phi) is 4.51. The first kappa shape index (κ1) is 14.8. The summed E-state index contributed by atoms with van der Waals surface area (Å²) >= 11 is 0. The van der Waals surface area contributed by atoms with Gasteiger partial charge in [-0.25, -0.2) is 0 Å². The van der Waals surface area contributed by atoms with E-state index in [9.17, 15) is 4.79 Å². The van der Waals surface area contributed by atoms with Crippen LogP contribution in [0.4, 0.5) is 0 Å². The molecule has 0 aromatic carbocycles. The number of nitrogens with one attached hydrogen (secondary N) is 1. The van der Waals surface area contributed by atoms with Gasteiger partial charge in [-0.15, -0.1) is 0 Å². The molecule has 1 aliphatic carbocycles. The second-order valence-electron chi connectivity index (χ2n) is 7.31. The maximum atomic E-state index is 12.0. The number of hydrogen-bond acceptors (Lipinski definition) is 3. The largest absolute Gasteiger partial charge is 0.368 e. The van der Waals surface area contributed by atoms with Crippen LogP contribution in [-0.2, 0) is 4.79 Å². The fourth-order valence-corrected chi connectivity index (χ4v) is 4.33. The molecule has 0 bridgehead atoms. The van der Waals surface area contributed by atoms with Crippen molar-refractivity contribution in [3.63, 3.8) is 0 Å². The van der Waals surface area contributed by atoms with Gasteiger partial charge in [0, 0.05) is 26.2 Å². The van der Waals surface area contributed by atoms with Crippen LogP contribution in [0.5, 0.6) is 0 Å². The summed E-state index contributed by atoms with van der Waals surface area (Å²) in [6.45, 7) is 10.8. The second-order valence-corrected chi connectivity index (χ2v) is 7.31. The van der Waals surface area contributed by atoms with E-state index in [1.54, 1.807) is 0 Å². The predicted molar refractivity (Wildman–Crippen MR) is 77.7 cm³/mol. The van der Waals surface area contributed by atoms with Crippen LogP contribution in [0, 0.1) is 17.3 Å². The molecule has 1 amide bonds. The first-order valence-electron chi connectivity index (χ1n) is 7.63. The van der Waals surface area contributed by atoms with Crippen molar-refractivity contribution in [3.8, 4) is 0 Å². The van der Waals surface area contributed by atoms with E-state index in [-0.39, 0.29) is 11.9 Å². The highest BCUT2D eigenvalue weighted by atomic mass is 16.1. The van der Waals surface area contributed by atoms with Crippen LogP contribution in [0.15, 0.2) is 0 Å². The van der Waals surface area contributed by atoms with Crippen LogP contribution < -0.4 is 11.1 Å². The highest BCUT2D eigenvalue weighted by molar-refractivity contribution is 5.80. The third-order valence-corrected chi connectivity index (χ3v) is 4.70. The molecule has 2 rings (SSSR count). The van der Waals surface area contributed by atoms with Crippen molar-refractivity contribution in [1.82, 2.24) is 10.2 Å². The first-order valence-corrected chi connectivity index (χ1v) is 7.63. The van der Waals surface area contributed by atoms with Crippen LogP contribution in [-0.4, -0.2) is 43.0 Å². The van der Waals surface area contributed by atoms with Gasteiger partial charge in [0.15, 0.2) is 0 Å². The highest BCUT2D eigenvalue weighted by Gasteiger charge is 2.40. The number of nitrogens with zero attached hydrogens (tertiary/aromatic N) is 1. The molecule has 1 saturated heterocycles. The van der Waals surface area contributed by atoms with Crippen molar-refractivity contribution < 1.29 is 4.79 Å². The minimum atomic E-state index is -0.128. The number of carbonyl (C=O) groups excluding carboxylic acids is 1. The number of hydrogen-bond donors (Lipinski definition) is 2. The molecule has 19 heavy (non-hydrogen) atoms. The fourth-order valence-electron chi connectivity index (χ4n) is 4.33. The minimum Gasteiger partial charge on any atom is -0.368 e. The van der Waals surface area contributed by atoms with Crippen molar-refractivity contribution in [2.24, 2.45) is 23.0 Å². The molecule has 0 spiro atoms. The second kappa shape index (κ2) is 5.80. The number of rotatable bonds is 3. The lowest BCUT2D eigenvalue weighted by atomic mass is 9.66. The summed E-state index contributed by atoms with van der Waals surface area (Å²) in [6, 6.07) is -0.0656. The number of nitrogens with two attached hydrogens (primary N) is 1. The van der Waals surface area contributed by atoms with Crippen molar-refractivity contribution in [2.45, 2.75) is 46.1 Å². The normalized spacial score (nSPS) is 33.8. The molecule has 4 nitrogen and oxygen atoms in total. The Morgan fingerprint density at radius 3 is 2.47 bits per heavy atom. The Labute approximate surface area is 117 Å². The summed E-state index contributed by atoms with van der Waals surface area (Å²) in [5.74, 6) is 0.990. The Morgan fingerprint density at radius 1 is 1.32 bits per heavy atom. The summed E-state index contributed by atoms with van der Waals surface area (Å²) < 4.78 is 0. The van der Waals surface area contributed by atoms with E-state index in [4.69, 9.17) is 5.73 Å². The molecule has 0 radical (unpaired) electrons. The molecule has 3 atom stereocenters. The lowest BCUT2D eigenvalue weighted by molar-refractivity contribution is -0.127. The van der Waals surface area contributed by atoms with Gasteiger partial charge in [-0.2, -0.15) is 0 Å². The number of piperazine rings is 1. The third kappa shape index (κ3) is 3.69. The average Bonchev–Trinajstić information content (AvgIpc) is 2.27. The molecule has 2 aliphatic rings. The molecule has 1 heterocycles. The minimum absolute atomic E-state index is 0.0656. The molecular formula is C15H29N3O. The van der Waals surface area contributed by atoms with Crippen LogP contribution in [0.25, 0.3) is 0 Å². The van der Waals surface area contributed by atoms with Gasteiger partial charge in [-0.05, 0) is 36.5 Å². The lowest BCUT2D eigenvalue weighted by Gasteiger charge is -2.45. The predicted octanol–water partition coefficient (Wildman–Crippen LogP) is 1.21. The van der Waals surface area contributed by atoms with Gasteiger partial charge in [-0.3, -0.25) is 9.69 Å². The zero-order valence-electron chi connectivity index (χ0n) is 12.6. The van der Waals surface area contributed by atoms with Gasteiger partial charge < -0.3 is 11.1 Å². The van der Waals surface area contributed by atoms with Gasteiger partial charge in [0.1, 0.15) is 0 Å². The number of carbonyl (C=O) groups is 1. The molecule has 0 aromatic rings. The lowest BCUT2D eigenvalue weighted by Crippen LogP contribution is -2.57. The fraction of sp³-hybridized carbons (Fsp3) is 0.933. The van der Waals surface area contributed by atoms with Gasteiger partial charge in [0.25, 0.3) is 0 Å².